The molecule has 10 heteroatoms. The number of aromatic carboxylic acids is 1. The van der Waals surface area contributed by atoms with Crippen molar-refractivity contribution in [2.75, 3.05) is 5.32 Å². The minimum Gasteiger partial charge on any atom is -0.476 e. The molecule has 3 aromatic rings. The fourth-order valence-electron chi connectivity index (χ4n) is 2.07. The van der Waals surface area contributed by atoms with Gasteiger partial charge in [0.25, 0.3) is 0 Å². The van der Waals surface area contributed by atoms with E-state index >= 15 is 0 Å². The number of hydrogen-bond donors (Lipinski definition) is 2. The Hall–Kier alpha value is -3.01. The quantitative estimate of drug-likeness (QED) is 0.698. The van der Waals surface area contributed by atoms with E-state index in [1.165, 1.54) is 28.3 Å². The molecule has 9 nitrogen and oxygen atoms in total. The number of carboxylic acids is 1. The molecule has 0 bridgehead atoms. The number of anilines is 1. The van der Waals surface area contributed by atoms with Crippen molar-refractivity contribution in [3.05, 3.63) is 35.6 Å². The smallest absolute Gasteiger partial charge is 0.356 e. The topological polar surface area (TPSA) is 115 Å². The van der Waals surface area contributed by atoms with Crippen molar-refractivity contribution in [1.29, 1.82) is 0 Å². The Balaban J connectivity index is 1.56. The first kappa shape index (κ1) is 15.9. The molecule has 3 heterocycles. The highest BCUT2D eigenvalue weighted by Gasteiger charge is 2.11. The van der Waals surface area contributed by atoms with Crippen molar-refractivity contribution in [3.63, 3.8) is 0 Å². The Morgan fingerprint density at radius 3 is 2.88 bits per heavy atom. The highest BCUT2D eigenvalue weighted by Crippen LogP contribution is 2.24. The van der Waals surface area contributed by atoms with E-state index in [1.807, 2.05) is 18.5 Å². The molecule has 24 heavy (non-hydrogen) atoms. The lowest BCUT2D eigenvalue weighted by Gasteiger charge is -2.02. The molecule has 0 spiro atoms. The normalized spacial score (nSPS) is 10.7. The van der Waals surface area contributed by atoms with Crippen LogP contribution in [0.5, 0.6) is 0 Å². The van der Waals surface area contributed by atoms with Gasteiger partial charge in [0, 0.05) is 37.8 Å². The summed E-state index contributed by atoms with van der Waals surface area (Å²) in [6, 6.07) is 3.24. The minimum atomic E-state index is -1.09. The molecular formula is C14H14N6O3S. The van der Waals surface area contributed by atoms with Crippen molar-refractivity contribution < 1.29 is 14.7 Å². The van der Waals surface area contributed by atoms with Gasteiger partial charge in [0.15, 0.2) is 10.8 Å². The maximum absolute atomic E-state index is 12.0. The van der Waals surface area contributed by atoms with Gasteiger partial charge < -0.3 is 10.4 Å². The monoisotopic (exact) mass is 346 g/mol. The molecule has 0 aliphatic heterocycles. The van der Waals surface area contributed by atoms with E-state index in [9.17, 15) is 9.59 Å². The molecule has 0 fully saturated rings. The summed E-state index contributed by atoms with van der Waals surface area (Å²) in [5.74, 6) is -1.31. The first-order valence-corrected chi connectivity index (χ1v) is 7.91. The van der Waals surface area contributed by atoms with Crippen LogP contribution in [-0.4, -0.2) is 41.5 Å². The fourth-order valence-corrected chi connectivity index (χ4v) is 2.79. The van der Waals surface area contributed by atoms with E-state index in [-0.39, 0.29) is 18.0 Å². The van der Waals surface area contributed by atoms with E-state index < -0.39 is 5.97 Å². The average molecular weight is 346 g/mol. The molecule has 1 amide bonds. The molecule has 0 aliphatic rings. The van der Waals surface area contributed by atoms with Gasteiger partial charge >= 0.3 is 5.97 Å². The maximum Gasteiger partial charge on any atom is 0.356 e. The van der Waals surface area contributed by atoms with Crippen molar-refractivity contribution >= 4 is 28.3 Å². The summed E-state index contributed by atoms with van der Waals surface area (Å²) in [5.41, 5.74) is 1.56. The Kier molecular flexibility index (Phi) is 4.38. The lowest BCUT2D eigenvalue weighted by Crippen LogP contribution is -2.15. The third-order valence-corrected chi connectivity index (χ3v) is 4.02. The zero-order chi connectivity index (χ0) is 17.1. The number of carboxylic acid groups (broad SMARTS) is 1. The molecular weight excluding hydrogens is 332 g/mol. The van der Waals surface area contributed by atoms with Gasteiger partial charge in [-0.1, -0.05) is 0 Å². The summed E-state index contributed by atoms with van der Waals surface area (Å²) in [4.78, 5) is 27.1. The van der Waals surface area contributed by atoms with Gasteiger partial charge in [-0.3, -0.25) is 14.2 Å². The Bertz CT molecular complexity index is 881. The number of aryl methyl sites for hydroxylation is 2. The summed E-state index contributed by atoms with van der Waals surface area (Å²) in [6.07, 6.45) is 3.38. The van der Waals surface area contributed by atoms with Crippen molar-refractivity contribution in [1.82, 2.24) is 24.5 Å². The zero-order valence-corrected chi connectivity index (χ0v) is 13.5. The number of amides is 1. The highest BCUT2D eigenvalue weighted by atomic mass is 32.1. The molecule has 0 radical (unpaired) electrons. The summed E-state index contributed by atoms with van der Waals surface area (Å²) < 4.78 is 3.13. The predicted molar refractivity (Wildman–Crippen MR) is 86.7 cm³/mol. The predicted octanol–water partition coefficient (Wildman–Crippen LogP) is 1.47. The first-order chi connectivity index (χ1) is 11.5. The van der Waals surface area contributed by atoms with Crippen LogP contribution in [0.2, 0.25) is 0 Å². The van der Waals surface area contributed by atoms with E-state index in [0.717, 1.165) is 11.4 Å². The van der Waals surface area contributed by atoms with Gasteiger partial charge in [0.05, 0.1) is 5.69 Å². The Labute approximate surface area is 140 Å². The van der Waals surface area contributed by atoms with Crippen LogP contribution in [0.3, 0.4) is 0 Å². The number of hydrogen-bond acceptors (Lipinski definition) is 6. The third-order valence-electron chi connectivity index (χ3n) is 3.26. The summed E-state index contributed by atoms with van der Waals surface area (Å²) in [6.45, 7) is 0.291. The number of carbonyl (C=O) groups is 2. The maximum atomic E-state index is 12.0. The van der Waals surface area contributed by atoms with Gasteiger partial charge in [-0.25, -0.2) is 9.78 Å². The first-order valence-electron chi connectivity index (χ1n) is 7.03. The average Bonchev–Trinajstić information content (AvgIpc) is 3.25. The second-order valence-corrected chi connectivity index (χ2v) is 5.80. The van der Waals surface area contributed by atoms with Gasteiger partial charge in [0.2, 0.25) is 5.91 Å². The van der Waals surface area contributed by atoms with Crippen LogP contribution < -0.4 is 5.32 Å². The molecule has 0 aromatic carbocycles. The standard InChI is InChI=1S/C14H14N6O3S/c1-19-11(2-5-15-19)10-8-24-14(16-10)17-12(21)4-7-20-6-3-9(18-20)13(22)23/h2-3,5-6,8H,4,7H2,1H3,(H,22,23)(H,16,17,21). The fraction of sp³-hybridized carbons (Fsp3) is 0.214. The van der Waals surface area contributed by atoms with Gasteiger partial charge in [-0.2, -0.15) is 10.2 Å². The molecule has 124 valence electrons. The lowest BCUT2D eigenvalue weighted by atomic mass is 10.3. The largest absolute Gasteiger partial charge is 0.476 e. The van der Waals surface area contributed by atoms with Crippen molar-refractivity contribution in [2.24, 2.45) is 7.05 Å². The van der Waals surface area contributed by atoms with Gasteiger partial charge in [-0.15, -0.1) is 11.3 Å². The number of aromatic nitrogens is 5. The Morgan fingerprint density at radius 1 is 1.38 bits per heavy atom. The molecule has 0 saturated heterocycles. The van der Waals surface area contributed by atoms with E-state index in [2.05, 4.69) is 20.5 Å². The van der Waals surface area contributed by atoms with Crippen LogP contribution in [0.1, 0.15) is 16.9 Å². The van der Waals surface area contributed by atoms with Crippen molar-refractivity contribution in [2.45, 2.75) is 13.0 Å². The molecule has 0 unspecified atom stereocenters. The van der Waals surface area contributed by atoms with Gasteiger partial charge in [0.1, 0.15) is 5.69 Å². The van der Waals surface area contributed by atoms with Crippen LogP contribution in [-0.2, 0) is 18.4 Å². The van der Waals surface area contributed by atoms with Crippen LogP contribution in [0.25, 0.3) is 11.4 Å². The van der Waals surface area contributed by atoms with Crippen LogP contribution in [0, 0.1) is 0 Å². The van der Waals surface area contributed by atoms with E-state index in [0.29, 0.717) is 11.7 Å². The molecule has 0 atom stereocenters. The van der Waals surface area contributed by atoms with Gasteiger partial charge in [-0.05, 0) is 12.1 Å². The minimum absolute atomic E-state index is 0.0452. The number of nitrogens with one attached hydrogen (secondary N) is 1. The Morgan fingerprint density at radius 2 is 2.21 bits per heavy atom. The highest BCUT2D eigenvalue weighted by molar-refractivity contribution is 7.14. The van der Waals surface area contributed by atoms with E-state index in [4.69, 9.17) is 5.11 Å². The molecule has 3 aromatic heterocycles. The molecule has 3 rings (SSSR count). The lowest BCUT2D eigenvalue weighted by molar-refractivity contribution is -0.116. The number of carbonyl (C=O) groups excluding carboxylic acids is 1. The van der Waals surface area contributed by atoms with E-state index in [1.54, 1.807) is 10.9 Å². The SMILES string of the molecule is Cn1nccc1-c1csc(NC(=O)CCn2ccc(C(=O)O)n2)n1. The summed E-state index contributed by atoms with van der Waals surface area (Å²) >= 11 is 1.33. The number of rotatable bonds is 6. The molecule has 0 saturated carbocycles. The van der Waals surface area contributed by atoms with Crippen molar-refractivity contribution in [3.8, 4) is 11.4 Å². The second-order valence-electron chi connectivity index (χ2n) is 4.95. The van der Waals surface area contributed by atoms with Crippen LogP contribution in [0.4, 0.5) is 5.13 Å². The molecule has 2 N–H and O–H groups in total. The summed E-state index contributed by atoms with van der Waals surface area (Å²) in [5, 5.41) is 21.8. The number of thiazole rings is 1. The zero-order valence-electron chi connectivity index (χ0n) is 12.7. The second kappa shape index (κ2) is 6.62. The third kappa shape index (κ3) is 3.49. The van der Waals surface area contributed by atoms with Crippen LogP contribution >= 0.6 is 11.3 Å². The summed E-state index contributed by atoms with van der Waals surface area (Å²) in [7, 11) is 1.82. The molecule has 0 aliphatic carbocycles. The number of nitrogens with zero attached hydrogens (tertiary/aromatic N) is 5. The van der Waals surface area contributed by atoms with Crippen LogP contribution in [0.15, 0.2) is 29.9 Å².